The molecular formula is C23H28N4O4S. The Morgan fingerprint density at radius 3 is 2.66 bits per heavy atom. The molecule has 0 saturated carbocycles. The van der Waals surface area contributed by atoms with Gasteiger partial charge in [0, 0.05) is 11.3 Å². The number of tetrazole rings is 1. The van der Waals surface area contributed by atoms with Crippen LogP contribution >= 0.6 is 11.8 Å². The average Bonchev–Trinajstić information content (AvgIpc) is 3.28. The van der Waals surface area contributed by atoms with E-state index in [-0.39, 0.29) is 12.4 Å². The molecule has 3 aromatic rings. The number of aromatic nitrogens is 4. The topological polar surface area (TPSA) is 99.4 Å². The van der Waals surface area contributed by atoms with Crippen LogP contribution in [0.4, 0.5) is 0 Å². The number of aliphatic hydroxyl groups is 1. The van der Waals surface area contributed by atoms with Crippen LogP contribution in [0.15, 0.2) is 47.6 Å². The van der Waals surface area contributed by atoms with Crippen LogP contribution in [0.1, 0.15) is 42.6 Å². The molecule has 0 spiro atoms. The summed E-state index contributed by atoms with van der Waals surface area (Å²) in [6, 6.07) is 13.1. The molecule has 0 fully saturated rings. The number of aryl methyl sites for hydroxylation is 1. The minimum Gasteiger partial charge on any atom is -0.493 e. The number of ether oxygens (including phenoxy) is 2. The normalized spacial score (nSPS) is 11.9. The maximum atomic E-state index is 11.5. The smallest absolute Gasteiger partial charge is 0.214 e. The van der Waals surface area contributed by atoms with Gasteiger partial charge in [-0.25, -0.2) is 0 Å². The fourth-order valence-corrected chi connectivity index (χ4v) is 3.82. The second-order valence-corrected chi connectivity index (χ2v) is 8.33. The van der Waals surface area contributed by atoms with Crippen LogP contribution in [-0.2, 0) is 6.42 Å². The largest absolute Gasteiger partial charge is 0.493 e. The molecule has 8 nitrogen and oxygen atoms in total. The minimum atomic E-state index is -0.751. The van der Waals surface area contributed by atoms with E-state index in [9.17, 15) is 9.90 Å². The van der Waals surface area contributed by atoms with Gasteiger partial charge < -0.3 is 14.6 Å². The van der Waals surface area contributed by atoms with E-state index in [1.54, 1.807) is 22.9 Å². The summed E-state index contributed by atoms with van der Waals surface area (Å²) in [5.74, 6) is 1.21. The first kappa shape index (κ1) is 23.7. The fourth-order valence-electron chi connectivity index (χ4n) is 3.03. The molecule has 3 rings (SSSR count). The molecule has 0 radical (unpaired) electrons. The number of hydrogen-bond donors (Lipinski definition) is 1. The first-order valence-electron chi connectivity index (χ1n) is 10.5. The predicted molar refractivity (Wildman–Crippen MR) is 123 cm³/mol. The highest BCUT2D eigenvalue weighted by Crippen LogP contribution is 2.28. The van der Waals surface area contributed by atoms with Gasteiger partial charge in [-0.1, -0.05) is 37.2 Å². The van der Waals surface area contributed by atoms with Crippen molar-refractivity contribution < 1.29 is 19.4 Å². The number of thioether (sulfide) groups is 1. The van der Waals surface area contributed by atoms with Gasteiger partial charge >= 0.3 is 0 Å². The SMILES string of the molecule is CCCCc1ccc(-n2nnnc2SCC(O)COc2ccc(C(C)=O)cc2OC)cc1. The summed E-state index contributed by atoms with van der Waals surface area (Å²) in [7, 11) is 1.51. The van der Waals surface area contributed by atoms with E-state index in [1.807, 2.05) is 12.1 Å². The van der Waals surface area contributed by atoms with Crippen molar-refractivity contribution in [2.75, 3.05) is 19.5 Å². The van der Waals surface area contributed by atoms with E-state index in [0.29, 0.717) is 28.0 Å². The number of methoxy groups -OCH3 is 1. The van der Waals surface area contributed by atoms with Crippen LogP contribution in [0.3, 0.4) is 0 Å². The van der Waals surface area contributed by atoms with Gasteiger partial charge in [-0.15, -0.1) is 5.10 Å². The van der Waals surface area contributed by atoms with Crippen LogP contribution in [0.2, 0.25) is 0 Å². The van der Waals surface area contributed by atoms with E-state index < -0.39 is 6.10 Å². The summed E-state index contributed by atoms with van der Waals surface area (Å²) in [5.41, 5.74) is 2.70. The van der Waals surface area contributed by atoms with Gasteiger partial charge in [0.1, 0.15) is 6.61 Å². The maximum Gasteiger partial charge on any atom is 0.214 e. The first-order valence-corrected chi connectivity index (χ1v) is 11.5. The van der Waals surface area contributed by atoms with Gasteiger partial charge in [-0.2, -0.15) is 4.68 Å². The molecular weight excluding hydrogens is 428 g/mol. The van der Waals surface area contributed by atoms with E-state index >= 15 is 0 Å². The van der Waals surface area contributed by atoms with Gasteiger partial charge in [0.15, 0.2) is 17.3 Å². The van der Waals surface area contributed by atoms with Crippen LogP contribution in [-0.4, -0.2) is 56.7 Å². The highest BCUT2D eigenvalue weighted by atomic mass is 32.2. The lowest BCUT2D eigenvalue weighted by Gasteiger charge is -2.14. The Labute approximate surface area is 191 Å². The molecule has 1 atom stereocenters. The van der Waals surface area contributed by atoms with Gasteiger partial charge in [0.2, 0.25) is 5.16 Å². The van der Waals surface area contributed by atoms with Crippen LogP contribution < -0.4 is 9.47 Å². The lowest BCUT2D eigenvalue weighted by atomic mass is 10.1. The molecule has 1 unspecified atom stereocenters. The molecule has 170 valence electrons. The predicted octanol–water partition coefficient (Wildman–Crippen LogP) is 3.75. The number of hydrogen-bond acceptors (Lipinski definition) is 8. The Kier molecular flexibility index (Phi) is 8.64. The molecule has 1 heterocycles. The second kappa shape index (κ2) is 11.6. The standard InChI is InChI=1S/C23H28N4O4S/c1-4-5-6-17-7-10-19(11-8-17)27-23(24-25-26-27)32-15-20(29)14-31-21-12-9-18(16(2)28)13-22(21)30-3/h7-13,20,29H,4-6,14-15H2,1-3H3. The molecule has 2 aromatic carbocycles. The molecule has 0 aliphatic heterocycles. The van der Waals surface area contributed by atoms with Crippen molar-refractivity contribution in [2.24, 2.45) is 0 Å². The highest BCUT2D eigenvalue weighted by molar-refractivity contribution is 7.99. The number of Topliss-reactive ketones (excluding diaryl/α,β-unsaturated/α-hetero) is 1. The number of unbranched alkanes of at least 4 members (excludes halogenated alkanes) is 1. The first-order chi connectivity index (χ1) is 15.5. The second-order valence-electron chi connectivity index (χ2n) is 7.34. The number of rotatable bonds is 12. The summed E-state index contributed by atoms with van der Waals surface area (Å²) >= 11 is 1.35. The summed E-state index contributed by atoms with van der Waals surface area (Å²) in [6.45, 7) is 3.74. The molecule has 1 N–H and O–H groups in total. The number of benzene rings is 2. The third-order valence-corrected chi connectivity index (χ3v) is 5.91. The van der Waals surface area contributed by atoms with E-state index in [4.69, 9.17) is 9.47 Å². The van der Waals surface area contributed by atoms with Crippen molar-refractivity contribution in [2.45, 2.75) is 44.4 Å². The lowest BCUT2D eigenvalue weighted by molar-refractivity contribution is 0.101. The van der Waals surface area contributed by atoms with Gasteiger partial charge in [-0.3, -0.25) is 4.79 Å². The molecule has 0 aliphatic rings. The summed E-state index contributed by atoms with van der Waals surface area (Å²) in [6.07, 6.45) is 2.64. The zero-order valence-corrected chi connectivity index (χ0v) is 19.3. The summed E-state index contributed by atoms with van der Waals surface area (Å²) < 4.78 is 12.6. The minimum absolute atomic E-state index is 0.0559. The van der Waals surface area contributed by atoms with Gasteiger partial charge in [-0.05, 0) is 66.1 Å². The Morgan fingerprint density at radius 2 is 1.97 bits per heavy atom. The van der Waals surface area contributed by atoms with E-state index in [1.165, 1.54) is 31.4 Å². The van der Waals surface area contributed by atoms with E-state index in [0.717, 1.165) is 24.9 Å². The van der Waals surface area contributed by atoms with E-state index in [2.05, 4.69) is 34.6 Å². The molecule has 0 amide bonds. The monoisotopic (exact) mass is 456 g/mol. The number of carbonyl (C=O) groups is 1. The molecule has 0 bridgehead atoms. The zero-order valence-electron chi connectivity index (χ0n) is 18.5. The van der Waals surface area contributed by atoms with Crippen molar-refractivity contribution in [3.05, 3.63) is 53.6 Å². The molecule has 0 aliphatic carbocycles. The Hall–Kier alpha value is -2.91. The molecule has 1 aromatic heterocycles. The quantitative estimate of drug-likeness (QED) is 0.325. The number of nitrogens with zero attached hydrogens (tertiary/aromatic N) is 4. The van der Waals surface area contributed by atoms with Crippen LogP contribution in [0.25, 0.3) is 5.69 Å². The molecule has 0 saturated heterocycles. The summed E-state index contributed by atoms with van der Waals surface area (Å²) in [4.78, 5) is 11.5. The third kappa shape index (κ3) is 6.30. The Balaban J connectivity index is 1.55. The fraction of sp³-hybridized carbons (Fsp3) is 0.391. The lowest BCUT2D eigenvalue weighted by Crippen LogP contribution is -2.20. The molecule has 32 heavy (non-hydrogen) atoms. The maximum absolute atomic E-state index is 11.5. The van der Waals surface area contributed by atoms with Crippen molar-refractivity contribution >= 4 is 17.5 Å². The van der Waals surface area contributed by atoms with Crippen LogP contribution in [0, 0.1) is 0 Å². The number of aliphatic hydroxyl groups excluding tert-OH is 1. The van der Waals surface area contributed by atoms with Gasteiger partial charge in [0.25, 0.3) is 0 Å². The number of carbonyl (C=O) groups excluding carboxylic acids is 1. The Morgan fingerprint density at radius 1 is 1.19 bits per heavy atom. The van der Waals surface area contributed by atoms with Crippen molar-refractivity contribution in [3.8, 4) is 17.2 Å². The Bertz CT molecular complexity index is 1020. The highest BCUT2D eigenvalue weighted by Gasteiger charge is 2.15. The van der Waals surface area contributed by atoms with Crippen molar-refractivity contribution in [1.29, 1.82) is 0 Å². The zero-order chi connectivity index (χ0) is 22.9. The third-order valence-electron chi connectivity index (χ3n) is 4.85. The summed E-state index contributed by atoms with van der Waals surface area (Å²) in [5, 5.41) is 22.9. The van der Waals surface area contributed by atoms with Crippen molar-refractivity contribution in [3.63, 3.8) is 0 Å². The average molecular weight is 457 g/mol. The molecule has 9 heteroatoms. The van der Waals surface area contributed by atoms with Gasteiger partial charge in [0.05, 0.1) is 18.9 Å². The van der Waals surface area contributed by atoms with Crippen LogP contribution in [0.5, 0.6) is 11.5 Å². The number of ketones is 1. The van der Waals surface area contributed by atoms with Crippen molar-refractivity contribution in [1.82, 2.24) is 20.2 Å².